The highest BCUT2D eigenvalue weighted by Crippen LogP contribution is 2.41. The summed E-state index contributed by atoms with van der Waals surface area (Å²) in [6.45, 7) is 7.38. The van der Waals surface area contributed by atoms with Crippen molar-refractivity contribution in [2.24, 2.45) is 12.5 Å². The molecule has 0 aromatic carbocycles. The third-order valence-corrected chi connectivity index (χ3v) is 4.54. The molecule has 1 aliphatic rings. The molecule has 0 bridgehead atoms. The van der Waals surface area contributed by atoms with Crippen molar-refractivity contribution in [3.05, 3.63) is 41.0 Å². The van der Waals surface area contributed by atoms with Crippen molar-refractivity contribution in [3.8, 4) is 0 Å². The molecule has 0 aliphatic heterocycles. The maximum Gasteiger partial charge on any atom is 0.0812 e. The molecule has 2 aromatic rings. The van der Waals surface area contributed by atoms with Crippen LogP contribution >= 0.6 is 0 Å². The van der Waals surface area contributed by atoms with E-state index in [-0.39, 0.29) is 11.5 Å². The molecule has 0 saturated carbocycles. The van der Waals surface area contributed by atoms with Crippen LogP contribution in [0.5, 0.6) is 0 Å². The Labute approximate surface area is 120 Å². The van der Waals surface area contributed by atoms with E-state index in [4.69, 9.17) is 0 Å². The lowest BCUT2D eigenvalue weighted by atomic mass is 9.75. The first-order valence-electron chi connectivity index (χ1n) is 7.21. The van der Waals surface area contributed by atoms with Gasteiger partial charge in [0, 0.05) is 35.8 Å². The second-order valence-corrected chi connectivity index (χ2v) is 6.79. The molecule has 4 nitrogen and oxygen atoms in total. The fourth-order valence-corrected chi connectivity index (χ4v) is 3.22. The molecule has 0 radical (unpaired) electrons. The van der Waals surface area contributed by atoms with Gasteiger partial charge in [-0.2, -0.15) is 5.10 Å². The van der Waals surface area contributed by atoms with Crippen LogP contribution in [0, 0.1) is 12.3 Å². The van der Waals surface area contributed by atoms with Crippen LogP contribution in [0.2, 0.25) is 0 Å². The molecule has 1 atom stereocenters. The van der Waals surface area contributed by atoms with Gasteiger partial charge in [0.15, 0.2) is 0 Å². The minimum Gasteiger partial charge on any atom is -0.388 e. The van der Waals surface area contributed by atoms with Crippen molar-refractivity contribution in [1.29, 1.82) is 0 Å². The van der Waals surface area contributed by atoms with Gasteiger partial charge in [0.05, 0.1) is 18.8 Å². The molecule has 1 aliphatic carbocycles. The Morgan fingerprint density at radius 3 is 2.85 bits per heavy atom. The lowest BCUT2D eigenvalue weighted by Crippen LogP contribution is -2.26. The van der Waals surface area contributed by atoms with Gasteiger partial charge >= 0.3 is 0 Å². The van der Waals surface area contributed by atoms with Gasteiger partial charge < -0.3 is 9.67 Å². The first-order valence-corrected chi connectivity index (χ1v) is 7.21. The molecule has 3 rings (SSSR count). The van der Waals surface area contributed by atoms with Gasteiger partial charge in [0.1, 0.15) is 0 Å². The molecular formula is C16H23N3O. The monoisotopic (exact) mass is 273 g/mol. The molecule has 0 spiro atoms. The number of aryl methyl sites for hydroxylation is 1. The van der Waals surface area contributed by atoms with Crippen LogP contribution < -0.4 is 0 Å². The average Bonchev–Trinajstić information content (AvgIpc) is 2.87. The molecule has 0 saturated heterocycles. The Kier molecular flexibility index (Phi) is 3.01. The highest BCUT2D eigenvalue weighted by atomic mass is 16.3. The standard InChI is InChI=1S/C16H23N3O/c1-11-12(9-17-18(11)4)10-19-6-5-13-14(19)7-16(2,3)8-15(13)20/h5-6,9,15,20H,7-8,10H2,1-4H3. The van der Waals surface area contributed by atoms with Crippen LogP contribution in [0.1, 0.15) is 48.9 Å². The Balaban J connectivity index is 1.95. The van der Waals surface area contributed by atoms with E-state index in [2.05, 4.69) is 42.7 Å². The largest absolute Gasteiger partial charge is 0.388 e. The average molecular weight is 273 g/mol. The van der Waals surface area contributed by atoms with Gasteiger partial charge in [0.2, 0.25) is 0 Å². The Morgan fingerprint density at radius 1 is 1.45 bits per heavy atom. The van der Waals surface area contributed by atoms with Gasteiger partial charge in [-0.15, -0.1) is 0 Å². The second-order valence-electron chi connectivity index (χ2n) is 6.79. The Hall–Kier alpha value is -1.55. The van der Waals surface area contributed by atoms with Gasteiger partial charge in [0.25, 0.3) is 0 Å². The van der Waals surface area contributed by atoms with Crippen LogP contribution in [0.4, 0.5) is 0 Å². The number of fused-ring (bicyclic) bond motifs is 1. The first kappa shape index (κ1) is 13.4. The van der Waals surface area contributed by atoms with Crippen molar-refractivity contribution >= 4 is 0 Å². The van der Waals surface area contributed by atoms with Crippen molar-refractivity contribution in [1.82, 2.24) is 14.3 Å². The van der Waals surface area contributed by atoms with Gasteiger partial charge in [-0.1, -0.05) is 13.8 Å². The third kappa shape index (κ3) is 2.18. The van der Waals surface area contributed by atoms with Crippen LogP contribution in [-0.4, -0.2) is 19.5 Å². The number of aliphatic hydroxyl groups is 1. The van der Waals surface area contributed by atoms with E-state index in [0.29, 0.717) is 0 Å². The summed E-state index contributed by atoms with van der Waals surface area (Å²) in [6.07, 6.45) is 5.57. The second kappa shape index (κ2) is 4.48. The predicted octanol–water partition coefficient (Wildman–Crippen LogP) is 2.58. The predicted molar refractivity (Wildman–Crippen MR) is 78.5 cm³/mol. The molecule has 0 fully saturated rings. The fourth-order valence-electron chi connectivity index (χ4n) is 3.22. The van der Waals surface area contributed by atoms with Crippen LogP contribution in [0.25, 0.3) is 0 Å². The zero-order valence-corrected chi connectivity index (χ0v) is 12.7. The van der Waals surface area contributed by atoms with Gasteiger partial charge in [-0.25, -0.2) is 0 Å². The number of aliphatic hydroxyl groups excluding tert-OH is 1. The molecule has 20 heavy (non-hydrogen) atoms. The summed E-state index contributed by atoms with van der Waals surface area (Å²) in [7, 11) is 1.97. The number of hydrogen-bond acceptors (Lipinski definition) is 2. The van der Waals surface area contributed by atoms with Crippen molar-refractivity contribution in [2.45, 2.75) is 46.3 Å². The number of rotatable bonds is 2. The van der Waals surface area contributed by atoms with E-state index in [0.717, 1.165) is 24.9 Å². The number of aromatic nitrogens is 3. The molecule has 1 N–H and O–H groups in total. The van der Waals surface area contributed by atoms with E-state index < -0.39 is 0 Å². The SMILES string of the molecule is Cc1c(Cn2ccc3c2CC(C)(C)CC3O)cnn1C. The van der Waals surface area contributed by atoms with E-state index in [1.54, 1.807) is 0 Å². The summed E-state index contributed by atoms with van der Waals surface area (Å²) in [5.41, 5.74) is 4.97. The lowest BCUT2D eigenvalue weighted by molar-refractivity contribution is 0.0981. The number of nitrogens with zero attached hydrogens (tertiary/aromatic N) is 3. The summed E-state index contributed by atoms with van der Waals surface area (Å²) in [4.78, 5) is 0. The van der Waals surface area contributed by atoms with Crippen molar-refractivity contribution in [2.75, 3.05) is 0 Å². The van der Waals surface area contributed by atoms with Crippen molar-refractivity contribution < 1.29 is 5.11 Å². The van der Waals surface area contributed by atoms with Gasteiger partial charge in [-0.3, -0.25) is 4.68 Å². The summed E-state index contributed by atoms with van der Waals surface area (Å²) in [5.74, 6) is 0. The zero-order valence-electron chi connectivity index (χ0n) is 12.7. The van der Waals surface area contributed by atoms with Crippen LogP contribution in [0.3, 0.4) is 0 Å². The van der Waals surface area contributed by atoms with E-state index >= 15 is 0 Å². The summed E-state index contributed by atoms with van der Waals surface area (Å²) < 4.78 is 4.17. The van der Waals surface area contributed by atoms with Crippen LogP contribution in [-0.2, 0) is 20.0 Å². The normalized spacial score (nSPS) is 20.9. The molecular weight excluding hydrogens is 250 g/mol. The molecule has 4 heteroatoms. The van der Waals surface area contributed by atoms with Crippen LogP contribution in [0.15, 0.2) is 18.5 Å². The Morgan fingerprint density at radius 2 is 2.20 bits per heavy atom. The molecule has 2 aromatic heterocycles. The lowest BCUT2D eigenvalue weighted by Gasteiger charge is -2.34. The molecule has 2 heterocycles. The highest BCUT2D eigenvalue weighted by Gasteiger charge is 2.33. The van der Waals surface area contributed by atoms with Gasteiger partial charge in [-0.05, 0) is 31.2 Å². The summed E-state index contributed by atoms with van der Waals surface area (Å²) in [5, 5.41) is 14.6. The highest BCUT2D eigenvalue weighted by molar-refractivity contribution is 5.30. The summed E-state index contributed by atoms with van der Waals surface area (Å²) in [6, 6.07) is 2.07. The Bertz CT molecular complexity index is 636. The maximum absolute atomic E-state index is 10.3. The van der Waals surface area contributed by atoms with E-state index in [1.807, 2.05) is 17.9 Å². The molecule has 108 valence electrons. The zero-order chi connectivity index (χ0) is 14.5. The topological polar surface area (TPSA) is 43.0 Å². The first-order chi connectivity index (χ1) is 9.37. The van der Waals surface area contributed by atoms with E-state index in [9.17, 15) is 5.11 Å². The smallest absolute Gasteiger partial charge is 0.0812 e. The van der Waals surface area contributed by atoms with E-state index in [1.165, 1.54) is 17.0 Å². The minimum atomic E-state index is -0.329. The third-order valence-electron chi connectivity index (χ3n) is 4.54. The minimum absolute atomic E-state index is 0.159. The van der Waals surface area contributed by atoms with Crippen molar-refractivity contribution in [3.63, 3.8) is 0 Å². The fraction of sp³-hybridized carbons (Fsp3) is 0.562. The quantitative estimate of drug-likeness (QED) is 0.914. The molecule has 1 unspecified atom stereocenters. The number of hydrogen-bond donors (Lipinski definition) is 1. The molecule has 0 amide bonds. The summed E-state index contributed by atoms with van der Waals surface area (Å²) >= 11 is 0. The maximum atomic E-state index is 10.3.